The third-order valence-corrected chi connectivity index (χ3v) is 3.84. The first kappa shape index (κ1) is 16.7. The molecule has 110 valence electrons. The molecule has 0 amide bonds. The topological polar surface area (TPSA) is 69.2 Å². The summed E-state index contributed by atoms with van der Waals surface area (Å²) >= 11 is 0. The van der Waals surface area contributed by atoms with Crippen LogP contribution in [0.15, 0.2) is 0 Å². The molecule has 0 aromatic heterocycles. The molecular weight excluding hydrogens is 259 g/mol. The Morgan fingerprint density at radius 1 is 0.900 bits per heavy atom. The van der Waals surface area contributed by atoms with E-state index in [2.05, 4.69) is 0 Å². The van der Waals surface area contributed by atoms with Crippen molar-refractivity contribution in [3.63, 3.8) is 0 Å². The van der Waals surface area contributed by atoms with Crippen LogP contribution < -0.4 is 24.0 Å². The monoisotopic (exact) mass is 280 g/mol. The molecule has 3 aliphatic heterocycles. The van der Waals surface area contributed by atoms with Gasteiger partial charge >= 0.3 is 18.9 Å². The molecule has 3 aliphatic rings. The van der Waals surface area contributed by atoms with E-state index in [0.29, 0.717) is 6.61 Å². The second-order valence-corrected chi connectivity index (χ2v) is 6.53. The quantitative estimate of drug-likeness (QED) is 0.481. The van der Waals surface area contributed by atoms with Crippen molar-refractivity contribution in [1.29, 1.82) is 0 Å². The molecule has 3 rings (SSSR count). The van der Waals surface area contributed by atoms with Crippen molar-refractivity contribution in [2.75, 3.05) is 6.61 Å². The van der Waals surface area contributed by atoms with Gasteiger partial charge in [0.2, 0.25) is 0 Å². The van der Waals surface area contributed by atoms with Crippen molar-refractivity contribution in [3.05, 3.63) is 0 Å². The van der Waals surface area contributed by atoms with Crippen LogP contribution in [0.25, 0.3) is 0 Å². The molecule has 3 fully saturated rings. The Balaban J connectivity index is 0.00000147. The Kier molecular flexibility index (Phi) is 4.13. The Morgan fingerprint density at radius 2 is 1.55 bits per heavy atom. The molecule has 5 atom stereocenters. The molecule has 0 spiro atoms. The summed E-state index contributed by atoms with van der Waals surface area (Å²) in [5.41, 5.74) is -1.42. The minimum Gasteiger partial charge on any atom is -0.846 e. The van der Waals surface area contributed by atoms with E-state index >= 15 is 0 Å². The fraction of sp³-hybridized carbons (Fsp3) is 1.00. The van der Waals surface area contributed by atoms with E-state index in [1.54, 1.807) is 20.8 Å². The predicted octanol–water partition coefficient (Wildman–Crippen LogP) is -2.86. The molecule has 3 heterocycles. The molecule has 6 nitrogen and oxygen atoms in total. The SMILES string of the molecule is CC1(C)OC[C@H]([C@H]2O[C@@H]3OC(C)(C)O[C@@H]3[C@@]2(C)[O-])O1.[Li+]. The van der Waals surface area contributed by atoms with Crippen LogP contribution in [0.5, 0.6) is 0 Å². The third-order valence-electron chi connectivity index (χ3n) is 3.84. The van der Waals surface area contributed by atoms with Gasteiger partial charge in [0.1, 0.15) is 12.2 Å². The largest absolute Gasteiger partial charge is 1.00 e. The fourth-order valence-electron chi connectivity index (χ4n) is 2.98. The normalized spacial score (nSPS) is 48.9. The van der Waals surface area contributed by atoms with Gasteiger partial charge in [-0.2, -0.15) is 0 Å². The van der Waals surface area contributed by atoms with Gasteiger partial charge in [-0.25, -0.2) is 0 Å². The van der Waals surface area contributed by atoms with Crippen molar-refractivity contribution in [2.24, 2.45) is 0 Å². The maximum absolute atomic E-state index is 12.9. The summed E-state index contributed by atoms with van der Waals surface area (Å²) < 4.78 is 28.3. The van der Waals surface area contributed by atoms with E-state index in [0.717, 1.165) is 0 Å². The van der Waals surface area contributed by atoms with Crippen LogP contribution in [0.1, 0.15) is 34.6 Å². The van der Waals surface area contributed by atoms with E-state index in [4.69, 9.17) is 23.7 Å². The summed E-state index contributed by atoms with van der Waals surface area (Å²) in [6.07, 6.45) is -2.28. The summed E-state index contributed by atoms with van der Waals surface area (Å²) in [4.78, 5) is 0. The summed E-state index contributed by atoms with van der Waals surface area (Å²) in [7, 11) is 0. The molecule has 7 heteroatoms. The molecule has 20 heavy (non-hydrogen) atoms. The molecule has 0 N–H and O–H groups in total. The zero-order valence-corrected chi connectivity index (χ0v) is 13.0. The Bertz CT molecular complexity index is 383. The molecule has 0 bridgehead atoms. The molecule has 0 aromatic rings. The van der Waals surface area contributed by atoms with Gasteiger partial charge in [0.15, 0.2) is 17.9 Å². The van der Waals surface area contributed by atoms with Gasteiger partial charge in [-0.15, -0.1) is 0 Å². The Hall–Kier alpha value is 0.357. The predicted molar refractivity (Wildman–Crippen MR) is 62.0 cm³/mol. The second kappa shape index (κ2) is 4.93. The molecular formula is C13H21LiO6. The van der Waals surface area contributed by atoms with Crippen LogP contribution >= 0.6 is 0 Å². The average Bonchev–Trinajstić information content (AvgIpc) is 2.80. The van der Waals surface area contributed by atoms with Gasteiger partial charge in [0, 0.05) is 0 Å². The van der Waals surface area contributed by atoms with E-state index < -0.39 is 41.8 Å². The molecule has 0 saturated carbocycles. The first-order chi connectivity index (χ1) is 8.61. The van der Waals surface area contributed by atoms with E-state index in [9.17, 15) is 5.11 Å². The third kappa shape index (κ3) is 2.69. The van der Waals surface area contributed by atoms with Crippen LogP contribution in [-0.4, -0.2) is 48.4 Å². The fourth-order valence-corrected chi connectivity index (χ4v) is 2.98. The Labute approximate surface area is 131 Å². The van der Waals surface area contributed by atoms with E-state index in [-0.39, 0.29) is 18.9 Å². The molecule has 0 aliphatic carbocycles. The van der Waals surface area contributed by atoms with Crippen LogP contribution in [0, 0.1) is 0 Å². The molecule has 3 saturated heterocycles. The number of rotatable bonds is 1. The minimum absolute atomic E-state index is 0. The minimum atomic E-state index is -1.42. The summed E-state index contributed by atoms with van der Waals surface area (Å²) in [5, 5.41) is 12.9. The van der Waals surface area contributed by atoms with Crippen molar-refractivity contribution >= 4 is 0 Å². The van der Waals surface area contributed by atoms with Gasteiger partial charge in [-0.05, 0) is 27.7 Å². The number of ether oxygens (including phenoxy) is 5. The Morgan fingerprint density at radius 3 is 2.05 bits per heavy atom. The average molecular weight is 280 g/mol. The van der Waals surface area contributed by atoms with E-state index in [1.807, 2.05) is 13.8 Å². The summed E-state index contributed by atoms with van der Waals surface area (Å²) in [5.74, 6) is -1.46. The smallest absolute Gasteiger partial charge is 0.846 e. The van der Waals surface area contributed by atoms with Crippen molar-refractivity contribution in [3.8, 4) is 0 Å². The standard InChI is InChI=1S/C13H21O6.Li/c1-11(2)15-6-7(17-11)8-13(5,14)9-10(16-8)19-12(3,4)18-9;/h7-10H,6H2,1-5H3;/q-1;+1/t7-,8-,9+,10-,13+;/m1./s1. The summed E-state index contributed by atoms with van der Waals surface area (Å²) in [6.45, 7) is 9.12. The van der Waals surface area contributed by atoms with Gasteiger partial charge in [0.05, 0.1) is 12.7 Å². The van der Waals surface area contributed by atoms with Crippen LogP contribution in [-0.2, 0) is 23.7 Å². The van der Waals surface area contributed by atoms with Crippen molar-refractivity contribution in [1.82, 2.24) is 0 Å². The van der Waals surface area contributed by atoms with Crippen LogP contribution in [0.3, 0.4) is 0 Å². The maximum atomic E-state index is 12.9. The van der Waals surface area contributed by atoms with Crippen LogP contribution in [0.4, 0.5) is 0 Å². The zero-order valence-electron chi connectivity index (χ0n) is 13.0. The maximum Gasteiger partial charge on any atom is 1.00 e. The van der Waals surface area contributed by atoms with Gasteiger partial charge in [0.25, 0.3) is 0 Å². The number of hydrogen-bond donors (Lipinski definition) is 0. The number of fused-ring (bicyclic) bond motifs is 1. The zero-order chi connectivity index (χ0) is 14.1. The van der Waals surface area contributed by atoms with Crippen molar-refractivity contribution < 1.29 is 47.7 Å². The van der Waals surface area contributed by atoms with Crippen LogP contribution in [0.2, 0.25) is 0 Å². The number of hydrogen-bond acceptors (Lipinski definition) is 6. The summed E-state index contributed by atoms with van der Waals surface area (Å²) in [6, 6.07) is 0. The molecule has 0 radical (unpaired) electrons. The second-order valence-electron chi connectivity index (χ2n) is 6.53. The van der Waals surface area contributed by atoms with Gasteiger partial charge in [-0.3, -0.25) is 0 Å². The van der Waals surface area contributed by atoms with Gasteiger partial charge in [-0.1, -0.05) is 12.5 Å². The van der Waals surface area contributed by atoms with Crippen molar-refractivity contribution in [2.45, 2.75) is 76.4 Å². The molecule has 0 aromatic carbocycles. The van der Waals surface area contributed by atoms with E-state index in [1.165, 1.54) is 0 Å². The van der Waals surface area contributed by atoms with Gasteiger partial charge < -0.3 is 28.8 Å². The molecule has 0 unspecified atom stereocenters. The first-order valence-electron chi connectivity index (χ1n) is 6.64. The first-order valence-corrected chi connectivity index (χ1v) is 6.64.